The largest absolute Gasteiger partial charge is 0.450 e. The Hall–Kier alpha value is -0.810. The van der Waals surface area contributed by atoms with Gasteiger partial charge >= 0.3 is 6.09 Å². The standard InChI is InChI=1S/C11H19NO4/c1-2-15-10(14)12-5-4-11(8-12)7-9(13)3-6-16-11/h9,13H,2-8H2,1H3. The van der Waals surface area contributed by atoms with Crippen LogP contribution in [0.5, 0.6) is 0 Å². The van der Waals surface area contributed by atoms with E-state index in [2.05, 4.69) is 0 Å². The molecule has 92 valence electrons. The Labute approximate surface area is 95.3 Å². The van der Waals surface area contributed by atoms with Gasteiger partial charge in [-0.05, 0) is 19.8 Å². The summed E-state index contributed by atoms with van der Waals surface area (Å²) in [6.45, 7) is 3.97. The van der Waals surface area contributed by atoms with Crippen LogP contribution in [0.3, 0.4) is 0 Å². The minimum Gasteiger partial charge on any atom is -0.450 e. The number of nitrogens with zero attached hydrogens (tertiary/aromatic N) is 1. The molecule has 2 aliphatic rings. The molecule has 1 N–H and O–H groups in total. The maximum atomic E-state index is 11.5. The Morgan fingerprint density at radius 2 is 2.50 bits per heavy atom. The second-order valence-electron chi connectivity index (χ2n) is 4.55. The molecule has 2 fully saturated rings. The van der Waals surface area contributed by atoms with Crippen molar-refractivity contribution in [2.24, 2.45) is 0 Å². The number of carbonyl (C=O) groups is 1. The fraction of sp³-hybridized carbons (Fsp3) is 0.909. The fourth-order valence-corrected chi connectivity index (χ4v) is 2.50. The van der Waals surface area contributed by atoms with Gasteiger partial charge in [-0.25, -0.2) is 4.79 Å². The zero-order valence-electron chi connectivity index (χ0n) is 9.65. The minimum absolute atomic E-state index is 0.275. The van der Waals surface area contributed by atoms with E-state index >= 15 is 0 Å². The first-order valence-electron chi connectivity index (χ1n) is 5.89. The van der Waals surface area contributed by atoms with Crippen LogP contribution in [-0.4, -0.2) is 54.1 Å². The van der Waals surface area contributed by atoms with E-state index in [1.54, 1.807) is 11.8 Å². The Morgan fingerprint density at radius 1 is 1.69 bits per heavy atom. The summed E-state index contributed by atoms with van der Waals surface area (Å²) in [5.41, 5.74) is -0.329. The smallest absolute Gasteiger partial charge is 0.409 e. The molecule has 2 saturated heterocycles. The molecular weight excluding hydrogens is 210 g/mol. The number of aliphatic hydroxyl groups excluding tert-OH is 1. The first kappa shape index (κ1) is 11.7. The van der Waals surface area contributed by atoms with Gasteiger partial charge in [0.05, 0.1) is 24.9 Å². The van der Waals surface area contributed by atoms with Crippen LogP contribution in [0.15, 0.2) is 0 Å². The fourth-order valence-electron chi connectivity index (χ4n) is 2.50. The molecule has 1 spiro atoms. The second-order valence-corrected chi connectivity index (χ2v) is 4.55. The normalized spacial score (nSPS) is 34.4. The number of rotatable bonds is 1. The summed E-state index contributed by atoms with van der Waals surface area (Å²) < 4.78 is 10.7. The van der Waals surface area contributed by atoms with Crippen molar-refractivity contribution >= 4 is 6.09 Å². The molecule has 1 amide bonds. The van der Waals surface area contributed by atoms with Crippen molar-refractivity contribution in [1.29, 1.82) is 0 Å². The van der Waals surface area contributed by atoms with Gasteiger partial charge in [-0.3, -0.25) is 0 Å². The quantitative estimate of drug-likeness (QED) is 0.721. The number of amides is 1. The van der Waals surface area contributed by atoms with Gasteiger partial charge in [0.25, 0.3) is 0 Å². The molecule has 5 nitrogen and oxygen atoms in total. The van der Waals surface area contributed by atoms with Crippen molar-refractivity contribution in [3.05, 3.63) is 0 Å². The summed E-state index contributed by atoms with van der Waals surface area (Å²) >= 11 is 0. The molecule has 5 heteroatoms. The highest BCUT2D eigenvalue weighted by Gasteiger charge is 2.44. The van der Waals surface area contributed by atoms with Crippen molar-refractivity contribution < 1.29 is 19.4 Å². The lowest BCUT2D eigenvalue weighted by Gasteiger charge is -2.35. The highest BCUT2D eigenvalue weighted by Crippen LogP contribution is 2.34. The predicted octanol–water partition coefficient (Wildman–Crippen LogP) is 0.759. The van der Waals surface area contributed by atoms with Crippen LogP contribution >= 0.6 is 0 Å². The average Bonchev–Trinajstić information content (AvgIpc) is 2.62. The van der Waals surface area contributed by atoms with Crippen LogP contribution < -0.4 is 0 Å². The van der Waals surface area contributed by atoms with E-state index in [-0.39, 0.29) is 17.8 Å². The third-order valence-electron chi connectivity index (χ3n) is 3.31. The molecule has 2 rings (SSSR count). The van der Waals surface area contributed by atoms with Crippen LogP contribution in [0.25, 0.3) is 0 Å². The lowest BCUT2D eigenvalue weighted by Crippen LogP contribution is -2.45. The maximum absolute atomic E-state index is 11.5. The van der Waals surface area contributed by atoms with E-state index in [0.717, 1.165) is 6.42 Å². The van der Waals surface area contributed by atoms with Gasteiger partial charge in [0.1, 0.15) is 0 Å². The minimum atomic E-state index is -0.329. The molecule has 2 heterocycles. The van der Waals surface area contributed by atoms with Gasteiger partial charge in [0, 0.05) is 19.6 Å². The third-order valence-corrected chi connectivity index (χ3v) is 3.31. The second kappa shape index (κ2) is 4.59. The molecule has 2 atom stereocenters. The van der Waals surface area contributed by atoms with E-state index in [9.17, 15) is 9.90 Å². The van der Waals surface area contributed by atoms with Crippen LogP contribution in [0, 0.1) is 0 Å². The van der Waals surface area contributed by atoms with Gasteiger partial charge in [-0.1, -0.05) is 0 Å². The zero-order chi connectivity index (χ0) is 11.6. The van der Waals surface area contributed by atoms with Crippen LogP contribution in [0.4, 0.5) is 4.79 Å². The number of carbonyl (C=O) groups excluding carboxylic acids is 1. The lowest BCUT2D eigenvalue weighted by atomic mass is 9.91. The van der Waals surface area contributed by atoms with Gasteiger partial charge in [0.2, 0.25) is 0 Å². The van der Waals surface area contributed by atoms with E-state index in [0.29, 0.717) is 39.1 Å². The monoisotopic (exact) mass is 229 g/mol. The third kappa shape index (κ3) is 2.30. The maximum Gasteiger partial charge on any atom is 0.409 e. The van der Waals surface area contributed by atoms with Gasteiger partial charge in [0.15, 0.2) is 0 Å². The van der Waals surface area contributed by atoms with Crippen LogP contribution in [-0.2, 0) is 9.47 Å². The highest BCUT2D eigenvalue weighted by molar-refractivity contribution is 5.68. The van der Waals surface area contributed by atoms with E-state index in [1.165, 1.54) is 0 Å². The SMILES string of the molecule is CCOC(=O)N1CCC2(CC(O)CCO2)C1. The number of hydrogen-bond donors (Lipinski definition) is 1. The van der Waals surface area contributed by atoms with Crippen molar-refractivity contribution in [3.8, 4) is 0 Å². The number of likely N-dealkylation sites (tertiary alicyclic amines) is 1. The van der Waals surface area contributed by atoms with Crippen molar-refractivity contribution in [1.82, 2.24) is 4.90 Å². The van der Waals surface area contributed by atoms with Crippen molar-refractivity contribution in [3.63, 3.8) is 0 Å². The molecule has 0 aliphatic carbocycles. The summed E-state index contributed by atoms with van der Waals surface area (Å²) in [7, 11) is 0. The lowest BCUT2D eigenvalue weighted by molar-refractivity contribution is -0.110. The Kier molecular flexibility index (Phi) is 3.35. The molecule has 16 heavy (non-hydrogen) atoms. The molecule has 0 aromatic rings. The zero-order valence-corrected chi connectivity index (χ0v) is 9.65. The molecule has 0 saturated carbocycles. The van der Waals surface area contributed by atoms with Crippen LogP contribution in [0.2, 0.25) is 0 Å². The van der Waals surface area contributed by atoms with E-state index < -0.39 is 0 Å². The van der Waals surface area contributed by atoms with Crippen molar-refractivity contribution in [2.45, 2.75) is 37.9 Å². The highest BCUT2D eigenvalue weighted by atomic mass is 16.6. The first-order chi connectivity index (χ1) is 7.65. The number of aliphatic hydroxyl groups is 1. The summed E-state index contributed by atoms with van der Waals surface area (Å²) in [5, 5.41) is 9.65. The van der Waals surface area contributed by atoms with E-state index in [4.69, 9.17) is 9.47 Å². The molecule has 2 aliphatic heterocycles. The van der Waals surface area contributed by atoms with Crippen molar-refractivity contribution in [2.75, 3.05) is 26.3 Å². The average molecular weight is 229 g/mol. The summed E-state index contributed by atoms with van der Waals surface area (Å²) in [4.78, 5) is 13.2. The van der Waals surface area contributed by atoms with Gasteiger partial charge in [-0.15, -0.1) is 0 Å². The number of ether oxygens (including phenoxy) is 2. The molecular formula is C11H19NO4. The number of hydrogen-bond acceptors (Lipinski definition) is 4. The summed E-state index contributed by atoms with van der Waals surface area (Å²) in [5.74, 6) is 0. The van der Waals surface area contributed by atoms with Gasteiger partial charge in [-0.2, -0.15) is 0 Å². The summed E-state index contributed by atoms with van der Waals surface area (Å²) in [6.07, 6.45) is 1.55. The molecule has 0 aromatic heterocycles. The molecule has 0 radical (unpaired) electrons. The molecule has 0 aromatic carbocycles. The van der Waals surface area contributed by atoms with Crippen LogP contribution in [0.1, 0.15) is 26.2 Å². The van der Waals surface area contributed by atoms with Gasteiger partial charge < -0.3 is 19.5 Å². The Morgan fingerprint density at radius 3 is 3.19 bits per heavy atom. The Bertz CT molecular complexity index is 271. The molecule has 2 unspecified atom stereocenters. The first-order valence-corrected chi connectivity index (χ1v) is 5.89. The summed E-state index contributed by atoms with van der Waals surface area (Å²) in [6, 6.07) is 0. The van der Waals surface area contributed by atoms with E-state index in [1.807, 2.05) is 0 Å². The Balaban J connectivity index is 1.93. The molecule has 0 bridgehead atoms. The topological polar surface area (TPSA) is 59.0 Å². The predicted molar refractivity (Wildman–Crippen MR) is 57.1 cm³/mol.